The number of hydrogen-bond acceptors (Lipinski definition) is 2. The Bertz CT molecular complexity index is 541. The van der Waals surface area contributed by atoms with E-state index >= 15 is 0 Å². The summed E-state index contributed by atoms with van der Waals surface area (Å²) >= 11 is 0. The van der Waals surface area contributed by atoms with Crippen molar-refractivity contribution < 1.29 is 0 Å². The van der Waals surface area contributed by atoms with Crippen molar-refractivity contribution in [3.05, 3.63) is 57.5 Å². The molecule has 82 valence electrons. The van der Waals surface area contributed by atoms with E-state index in [1.165, 1.54) is 5.56 Å². The highest BCUT2D eigenvalue weighted by Crippen LogP contribution is 2.19. The van der Waals surface area contributed by atoms with Crippen LogP contribution in [0.4, 0.5) is 0 Å². The summed E-state index contributed by atoms with van der Waals surface area (Å²) in [5.41, 5.74) is 3.21. The molecular weight excluding hydrogens is 202 g/mol. The van der Waals surface area contributed by atoms with E-state index in [4.69, 9.17) is 0 Å². The molecule has 0 saturated carbocycles. The van der Waals surface area contributed by atoms with Crippen LogP contribution in [0.3, 0.4) is 0 Å². The number of aromatic nitrogens is 2. The quantitative estimate of drug-likeness (QED) is 0.791. The van der Waals surface area contributed by atoms with E-state index in [0.29, 0.717) is 0 Å². The number of hydrogen-bond donors (Lipinski definition) is 2. The van der Waals surface area contributed by atoms with Gasteiger partial charge in [0.1, 0.15) is 0 Å². The molecule has 0 saturated heterocycles. The van der Waals surface area contributed by atoms with Gasteiger partial charge in [-0.3, -0.25) is 14.8 Å². The van der Waals surface area contributed by atoms with Gasteiger partial charge in [0.2, 0.25) is 0 Å². The molecule has 0 unspecified atom stereocenters. The van der Waals surface area contributed by atoms with Gasteiger partial charge in [-0.25, -0.2) is 0 Å². The summed E-state index contributed by atoms with van der Waals surface area (Å²) in [6.07, 6.45) is 0. The molecule has 0 fully saturated rings. The highest BCUT2D eigenvalue weighted by atomic mass is 16.1. The van der Waals surface area contributed by atoms with Crippen molar-refractivity contribution in [1.29, 1.82) is 0 Å². The Morgan fingerprint density at radius 3 is 2.69 bits per heavy atom. The average molecular weight is 215 g/mol. The molecule has 1 aromatic heterocycles. The predicted octanol–water partition coefficient (Wildman–Crippen LogP) is 1.22. The lowest BCUT2D eigenvalue weighted by atomic mass is 10.2. The summed E-state index contributed by atoms with van der Waals surface area (Å²) in [5, 5.41) is 5.54. The highest BCUT2D eigenvalue weighted by molar-refractivity contribution is 5.22. The Morgan fingerprint density at radius 2 is 1.94 bits per heavy atom. The molecule has 4 heteroatoms. The molecule has 2 heterocycles. The van der Waals surface area contributed by atoms with Crippen LogP contribution in [0.5, 0.6) is 0 Å². The van der Waals surface area contributed by atoms with Gasteiger partial charge in [0.15, 0.2) is 0 Å². The maximum absolute atomic E-state index is 11.4. The smallest absolute Gasteiger partial charge is 0.268 e. The summed E-state index contributed by atoms with van der Waals surface area (Å²) in [4.78, 5) is 13.7. The van der Waals surface area contributed by atoms with Crippen LogP contribution in [0.1, 0.15) is 16.8 Å². The molecule has 0 radical (unpaired) electrons. The summed E-state index contributed by atoms with van der Waals surface area (Å²) in [5.74, 6) is 0. The molecule has 0 aliphatic carbocycles. The van der Waals surface area contributed by atoms with Crippen molar-refractivity contribution in [2.45, 2.75) is 19.6 Å². The largest absolute Gasteiger partial charge is 0.301 e. The minimum absolute atomic E-state index is 0.0190. The van der Waals surface area contributed by atoms with E-state index in [9.17, 15) is 4.79 Å². The third-order valence-electron chi connectivity index (χ3n) is 2.98. The number of benzene rings is 1. The molecule has 4 nitrogen and oxygen atoms in total. The van der Waals surface area contributed by atoms with Crippen LogP contribution in [0, 0.1) is 0 Å². The van der Waals surface area contributed by atoms with Crippen LogP contribution in [0.15, 0.2) is 35.1 Å². The van der Waals surface area contributed by atoms with Gasteiger partial charge < -0.3 is 5.10 Å². The normalized spacial score (nSPS) is 15.2. The molecule has 16 heavy (non-hydrogen) atoms. The van der Waals surface area contributed by atoms with Crippen LogP contribution in [0.25, 0.3) is 0 Å². The molecule has 1 aliphatic heterocycles. The topological polar surface area (TPSA) is 51.9 Å². The van der Waals surface area contributed by atoms with E-state index in [-0.39, 0.29) is 5.56 Å². The first-order valence-electron chi connectivity index (χ1n) is 5.37. The molecule has 3 rings (SSSR count). The van der Waals surface area contributed by atoms with Gasteiger partial charge in [0, 0.05) is 19.6 Å². The number of nitrogens with one attached hydrogen (secondary N) is 2. The van der Waals surface area contributed by atoms with Crippen molar-refractivity contribution in [1.82, 2.24) is 15.1 Å². The molecule has 0 spiro atoms. The zero-order valence-electron chi connectivity index (χ0n) is 8.86. The van der Waals surface area contributed by atoms with E-state index in [1.807, 2.05) is 18.2 Å². The van der Waals surface area contributed by atoms with Gasteiger partial charge in [-0.05, 0) is 5.56 Å². The van der Waals surface area contributed by atoms with Gasteiger partial charge in [0.05, 0.1) is 11.3 Å². The minimum atomic E-state index is 0.0190. The number of aromatic amines is 2. The van der Waals surface area contributed by atoms with Crippen molar-refractivity contribution >= 4 is 0 Å². The zero-order valence-corrected chi connectivity index (χ0v) is 8.86. The van der Waals surface area contributed by atoms with Crippen molar-refractivity contribution in [2.75, 3.05) is 0 Å². The summed E-state index contributed by atoms with van der Waals surface area (Å²) in [6, 6.07) is 10.3. The minimum Gasteiger partial charge on any atom is -0.301 e. The highest BCUT2D eigenvalue weighted by Gasteiger charge is 2.22. The maximum Gasteiger partial charge on any atom is 0.268 e. The Hall–Kier alpha value is -1.81. The second-order valence-electron chi connectivity index (χ2n) is 4.17. The van der Waals surface area contributed by atoms with E-state index in [0.717, 1.165) is 30.9 Å². The standard InChI is InChI=1S/C12H13N3O/c16-12-10-7-15(8-11(10)13-14-12)6-9-4-2-1-3-5-9/h1-5H,6-8H2,(H2,13,14,16). The van der Waals surface area contributed by atoms with Gasteiger partial charge in [-0.2, -0.15) is 0 Å². The van der Waals surface area contributed by atoms with Gasteiger partial charge in [-0.1, -0.05) is 30.3 Å². The molecular formula is C12H13N3O. The van der Waals surface area contributed by atoms with Crippen molar-refractivity contribution in [3.63, 3.8) is 0 Å². The lowest BCUT2D eigenvalue weighted by molar-refractivity contribution is 0.271. The molecule has 2 aromatic rings. The average Bonchev–Trinajstić information content (AvgIpc) is 2.83. The molecule has 0 bridgehead atoms. The Labute approximate surface area is 92.9 Å². The fourth-order valence-electron chi connectivity index (χ4n) is 2.18. The lowest BCUT2D eigenvalue weighted by Gasteiger charge is -2.14. The summed E-state index contributed by atoms with van der Waals surface area (Å²) in [6.45, 7) is 2.45. The second kappa shape index (κ2) is 3.64. The molecule has 1 aromatic carbocycles. The first-order valence-corrected chi connectivity index (χ1v) is 5.37. The first-order chi connectivity index (χ1) is 7.83. The monoisotopic (exact) mass is 215 g/mol. The zero-order chi connectivity index (χ0) is 11.0. The van der Waals surface area contributed by atoms with Crippen LogP contribution in [0.2, 0.25) is 0 Å². The van der Waals surface area contributed by atoms with Crippen LogP contribution in [-0.4, -0.2) is 15.1 Å². The van der Waals surface area contributed by atoms with E-state index in [1.54, 1.807) is 0 Å². The van der Waals surface area contributed by atoms with Gasteiger partial charge in [-0.15, -0.1) is 0 Å². The number of H-pyrrole nitrogens is 2. The Balaban J connectivity index is 1.75. The van der Waals surface area contributed by atoms with Crippen LogP contribution in [-0.2, 0) is 19.6 Å². The first kappa shape index (κ1) is 9.42. The summed E-state index contributed by atoms with van der Waals surface area (Å²) < 4.78 is 0. The fourth-order valence-corrected chi connectivity index (χ4v) is 2.18. The number of fused-ring (bicyclic) bond motifs is 1. The van der Waals surface area contributed by atoms with Gasteiger partial charge in [0.25, 0.3) is 5.56 Å². The molecule has 2 N–H and O–H groups in total. The maximum atomic E-state index is 11.4. The molecule has 0 atom stereocenters. The van der Waals surface area contributed by atoms with Crippen molar-refractivity contribution in [3.8, 4) is 0 Å². The van der Waals surface area contributed by atoms with Crippen LogP contribution < -0.4 is 5.56 Å². The van der Waals surface area contributed by atoms with E-state index < -0.39 is 0 Å². The van der Waals surface area contributed by atoms with Crippen molar-refractivity contribution in [2.24, 2.45) is 0 Å². The fraction of sp³-hybridized carbons (Fsp3) is 0.250. The third kappa shape index (κ3) is 1.57. The Morgan fingerprint density at radius 1 is 1.12 bits per heavy atom. The predicted molar refractivity (Wildman–Crippen MR) is 60.8 cm³/mol. The molecule has 1 aliphatic rings. The number of rotatable bonds is 2. The van der Waals surface area contributed by atoms with E-state index in [2.05, 4.69) is 27.2 Å². The SMILES string of the molecule is O=c1[nH][nH]c2c1CN(Cc1ccccc1)C2. The Kier molecular flexibility index (Phi) is 2.15. The van der Waals surface area contributed by atoms with Crippen LogP contribution >= 0.6 is 0 Å². The number of nitrogens with zero attached hydrogens (tertiary/aromatic N) is 1. The third-order valence-corrected chi connectivity index (χ3v) is 2.98. The lowest BCUT2D eigenvalue weighted by Crippen LogP contribution is -2.18. The summed E-state index contributed by atoms with van der Waals surface area (Å²) in [7, 11) is 0. The molecule has 0 amide bonds. The second-order valence-corrected chi connectivity index (χ2v) is 4.17. The van der Waals surface area contributed by atoms with Gasteiger partial charge >= 0.3 is 0 Å².